The van der Waals surface area contributed by atoms with Crippen LogP contribution in [0.4, 0.5) is 10.1 Å². The van der Waals surface area contributed by atoms with Crippen molar-refractivity contribution in [3.8, 4) is 22.8 Å². The first kappa shape index (κ1) is 23.5. The molecule has 1 amide bonds. The van der Waals surface area contributed by atoms with Crippen molar-refractivity contribution < 1.29 is 26.8 Å². The van der Waals surface area contributed by atoms with Crippen LogP contribution in [0.1, 0.15) is 34.7 Å². The first-order valence-corrected chi connectivity index (χ1v) is 13.9. The number of nitrogens with one attached hydrogen (secondary N) is 1. The first-order valence-electron chi connectivity index (χ1n) is 12.1. The minimum Gasteiger partial charge on any atom is -0.457 e. The molecule has 1 saturated carbocycles. The van der Waals surface area contributed by atoms with E-state index in [1.54, 1.807) is 49.5 Å². The van der Waals surface area contributed by atoms with E-state index in [9.17, 15) is 17.6 Å². The molecule has 0 spiro atoms. The van der Waals surface area contributed by atoms with Gasteiger partial charge < -0.3 is 14.5 Å². The lowest BCUT2D eigenvalue weighted by Crippen LogP contribution is -2.31. The van der Waals surface area contributed by atoms with Gasteiger partial charge in [-0.25, -0.2) is 12.8 Å². The van der Waals surface area contributed by atoms with Crippen LogP contribution < -0.4 is 14.4 Å². The Morgan fingerprint density at radius 3 is 2.41 bits per heavy atom. The summed E-state index contributed by atoms with van der Waals surface area (Å²) in [4.78, 5) is 13.0. The first-order chi connectivity index (χ1) is 17.7. The summed E-state index contributed by atoms with van der Waals surface area (Å²) in [5.74, 6) is 1.53. The van der Waals surface area contributed by atoms with Gasteiger partial charge in [0.15, 0.2) is 0 Å². The fourth-order valence-electron chi connectivity index (χ4n) is 5.22. The summed E-state index contributed by atoms with van der Waals surface area (Å²) in [6.07, 6.45) is 3.05. The molecule has 1 aromatic heterocycles. The highest BCUT2D eigenvalue weighted by Gasteiger charge is 2.44. The summed E-state index contributed by atoms with van der Waals surface area (Å²) in [7, 11) is -1.90. The molecule has 0 bridgehead atoms. The molecular weight excluding hydrogens is 495 g/mol. The van der Waals surface area contributed by atoms with Crippen LogP contribution in [0.5, 0.6) is 11.5 Å². The number of anilines is 1. The van der Waals surface area contributed by atoms with E-state index in [-0.39, 0.29) is 17.6 Å². The Morgan fingerprint density at radius 1 is 1.08 bits per heavy atom. The summed E-state index contributed by atoms with van der Waals surface area (Å²) in [5.41, 5.74) is 3.10. The molecule has 4 aromatic rings. The van der Waals surface area contributed by atoms with Crippen LogP contribution >= 0.6 is 0 Å². The molecule has 1 aliphatic carbocycles. The maximum atomic E-state index is 13.2. The number of nitrogens with zero attached hydrogens (tertiary/aromatic N) is 1. The van der Waals surface area contributed by atoms with Gasteiger partial charge in [-0.05, 0) is 84.8 Å². The number of ether oxygens (including phenoxy) is 1. The van der Waals surface area contributed by atoms with E-state index >= 15 is 0 Å². The van der Waals surface area contributed by atoms with E-state index in [0.29, 0.717) is 57.5 Å². The lowest BCUT2D eigenvalue weighted by molar-refractivity contribution is 0.0964. The molecule has 0 radical (unpaired) electrons. The maximum absolute atomic E-state index is 13.2. The molecule has 2 aliphatic rings. The molecule has 2 atom stereocenters. The minimum atomic E-state index is -3.47. The zero-order valence-electron chi connectivity index (χ0n) is 20.3. The largest absolute Gasteiger partial charge is 0.457 e. The Morgan fingerprint density at radius 2 is 1.76 bits per heavy atom. The molecule has 1 N–H and O–H groups in total. The smallest absolute Gasteiger partial charge is 0.255 e. The number of rotatable bonds is 5. The molecule has 37 heavy (non-hydrogen) atoms. The van der Waals surface area contributed by atoms with Gasteiger partial charge in [0.25, 0.3) is 5.91 Å². The quantitative estimate of drug-likeness (QED) is 0.367. The highest BCUT2D eigenvalue weighted by atomic mass is 32.2. The molecule has 7 nitrogen and oxygen atoms in total. The number of hydrogen-bond donors (Lipinski definition) is 1. The molecule has 0 saturated heterocycles. The Hall–Kier alpha value is -3.85. The molecule has 2 heterocycles. The van der Waals surface area contributed by atoms with E-state index in [0.717, 1.165) is 18.4 Å². The van der Waals surface area contributed by atoms with E-state index in [1.165, 1.54) is 22.7 Å². The molecule has 9 heteroatoms. The molecule has 0 unspecified atom stereocenters. The van der Waals surface area contributed by atoms with Crippen molar-refractivity contribution in [1.29, 1.82) is 0 Å². The van der Waals surface area contributed by atoms with E-state index in [2.05, 4.69) is 5.32 Å². The molecule has 6 rings (SSSR count). The maximum Gasteiger partial charge on any atom is 0.255 e. The third-order valence-electron chi connectivity index (χ3n) is 7.15. The van der Waals surface area contributed by atoms with Crippen molar-refractivity contribution in [2.45, 2.75) is 18.8 Å². The number of amides is 1. The van der Waals surface area contributed by atoms with Crippen molar-refractivity contribution in [1.82, 2.24) is 5.32 Å². The van der Waals surface area contributed by atoms with Crippen LogP contribution in [0.25, 0.3) is 22.3 Å². The van der Waals surface area contributed by atoms with Crippen molar-refractivity contribution in [3.05, 3.63) is 77.6 Å². The number of carbonyl (C=O) groups is 1. The average molecular weight is 521 g/mol. The van der Waals surface area contributed by atoms with Gasteiger partial charge in [0.05, 0.1) is 17.5 Å². The molecule has 1 aliphatic heterocycles. The van der Waals surface area contributed by atoms with Gasteiger partial charge in [-0.3, -0.25) is 9.10 Å². The standard InChI is InChI=1S/C28H25FN2O5S/c1-30-28(32)26-23-14-22-21-13-17(21)11-12-31(37(2,33)34)24(22)15-25(23)36-27(26)16-3-7-19(8-4-16)35-20-9-5-18(29)6-10-20/h3-10,14-15,17,21H,11-13H2,1-2H3,(H,30,32)/t17-,21+/m1/s1. The van der Waals surface area contributed by atoms with Gasteiger partial charge in [-0.15, -0.1) is 0 Å². The lowest BCUT2D eigenvalue weighted by Gasteiger charge is -2.23. The zero-order valence-corrected chi connectivity index (χ0v) is 21.1. The summed E-state index contributed by atoms with van der Waals surface area (Å²) in [6.45, 7) is 0.434. The highest BCUT2D eigenvalue weighted by molar-refractivity contribution is 7.92. The van der Waals surface area contributed by atoms with Crippen molar-refractivity contribution in [2.75, 3.05) is 24.2 Å². The number of halogens is 1. The predicted octanol–water partition coefficient (Wildman–Crippen LogP) is 5.66. The molecule has 3 aromatic carbocycles. The van der Waals surface area contributed by atoms with Crippen molar-refractivity contribution >= 4 is 32.6 Å². The third-order valence-corrected chi connectivity index (χ3v) is 8.33. The van der Waals surface area contributed by atoms with Crippen LogP contribution in [0.3, 0.4) is 0 Å². The Kier molecular flexibility index (Phi) is 5.49. The van der Waals surface area contributed by atoms with Gasteiger partial charge >= 0.3 is 0 Å². The van der Waals surface area contributed by atoms with E-state index < -0.39 is 10.0 Å². The summed E-state index contributed by atoms with van der Waals surface area (Å²) in [5, 5.41) is 3.36. The second-order valence-corrected chi connectivity index (χ2v) is 11.5. The second-order valence-electron chi connectivity index (χ2n) is 9.60. The molecule has 190 valence electrons. The summed E-state index contributed by atoms with van der Waals surface area (Å²) in [6, 6.07) is 16.5. The number of hydrogen-bond acceptors (Lipinski definition) is 5. The summed E-state index contributed by atoms with van der Waals surface area (Å²) >= 11 is 0. The normalized spacial score (nSPS) is 18.6. The Bertz CT molecular complexity index is 1630. The lowest BCUT2D eigenvalue weighted by atomic mass is 10.00. The van der Waals surface area contributed by atoms with Gasteiger partial charge in [-0.1, -0.05) is 0 Å². The SMILES string of the molecule is CNC(=O)c1c(-c2ccc(Oc3ccc(F)cc3)cc2)oc2cc3c(cc12)[C@H]1C[C@H]1CCN3S(C)(=O)=O. The van der Waals surface area contributed by atoms with Crippen LogP contribution in [-0.2, 0) is 10.0 Å². The van der Waals surface area contributed by atoms with Gasteiger partial charge in [-0.2, -0.15) is 0 Å². The Balaban J connectivity index is 1.44. The molecule has 1 fully saturated rings. The summed E-state index contributed by atoms with van der Waals surface area (Å²) < 4.78 is 51.8. The number of carbonyl (C=O) groups excluding carboxylic acids is 1. The van der Waals surface area contributed by atoms with Crippen molar-refractivity contribution in [3.63, 3.8) is 0 Å². The zero-order chi connectivity index (χ0) is 25.9. The van der Waals surface area contributed by atoms with Gasteiger partial charge in [0.2, 0.25) is 10.0 Å². The topological polar surface area (TPSA) is 88.8 Å². The van der Waals surface area contributed by atoms with Crippen LogP contribution in [0.15, 0.2) is 65.1 Å². The second kappa shape index (κ2) is 8.62. The number of furan rings is 1. The number of fused-ring (bicyclic) bond motifs is 4. The van der Waals surface area contributed by atoms with Crippen LogP contribution in [0.2, 0.25) is 0 Å². The van der Waals surface area contributed by atoms with Gasteiger partial charge in [0, 0.05) is 30.6 Å². The van der Waals surface area contributed by atoms with E-state index in [4.69, 9.17) is 9.15 Å². The van der Waals surface area contributed by atoms with E-state index in [1.807, 2.05) is 6.07 Å². The van der Waals surface area contributed by atoms with Gasteiger partial charge in [0.1, 0.15) is 28.7 Å². The van der Waals surface area contributed by atoms with Crippen molar-refractivity contribution in [2.24, 2.45) is 5.92 Å². The highest BCUT2D eigenvalue weighted by Crippen LogP contribution is 2.56. The van der Waals surface area contributed by atoms with Crippen LogP contribution in [0, 0.1) is 11.7 Å². The molecular formula is C28H25FN2O5S. The fourth-order valence-corrected chi connectivity index (χ4v) is 6.18. The third kappa shape index (κ3) is 4.23. The number of benzene rings is 3. The average Bonchev–Trinajstić information content (AvgIpc) is 3.57. The fraction of sp³-hybridized carbons (Fsp3) is 0.250. The van der Waals surface area contributed by atoms with Crippen LogP contribution in [-0.4, -0.2) is 34.2 Å². The predicted molar refractivity (Wildman–Crippen MR) is 139 cm³/mol. The monoisotopic (exact) mass is 520 g/mol. The minimum absolute atomic E-state index is 0.282. The Labute approximate surface area is 213 Å². The number of sulfonamides is 1.